The van der Waals surface area contributed by atoms with Crippen LogP contribution in [0.5, 0.6) is 0 Å². The third kappa shape index (κ3) is 5.48. The number of carbonyl (C=O) groups is 2. The number of hydrogen-bond donors (Lipinski definition) is 0. The van der Waals surface area contributed by atoms with E-state index >= 15 is 0 Å². The van der Waals surface area contributed by atoms with Crippen LogP contribution in [0.2, 0.25) is 0 Å². The van der Waals surface area contributed by atoms with Crippen molar-refractivity contribution >= 4 is 26.5 Å². The van der Waals surface area contributed by atoms with Crippen molar-refractivity contribution in [3.8, 4) is 0 Å². The number of esters is 1. The molecule has 19 heavy (non-hydrogen) atoms. The number of benzene rings is 1. The molecule has 0 saturated heterocycles. The summed E-state index contributed by atoms with van der Waals surface area (Å²) in [4.78, 5) is 23.7. The van der Waals surface area contributed by atoms with E-state index in [0.29, 0.717) is 0 Å². The van der Waals surface area contributed by atoms with Gasteiger partial charge in [-0.1, -0.05) is 0 Å². The zero-order chi connectivity index (χ0) is 14.5. The molecule has 2 atom stereocenters. The first-order valence-electron chi connectivity index (χ1n) is 5.96. The van der Waals surface area contributed by atoms with Crippen LogP contribution in [0.1, 0.15) is 31.0 Å². The van der Waals surface area contributed by atoms with Crippen molar-refractivity contribution in [2.24, 2.45) is 0 Å². The Hall–Kier alpha value is -1.28. The Morgan fingerprint density at radius 2 is 1.74 bits per heavy atom. The molecule has 5 heteroatoms. The quantitative estimate of drug-likeness (QED) is 0.629. The van der Waals surface area contributed by atoms with E-state index in [1.807, 2.05) is 51.1 Å². The summed E-state index contributed by atoms with van der Waals surface area (Å²) in [5.41, 5.74) is 0.244. The zero-order valence-electron chi connectivity index (χ0n) is 11.6. The minimum absolute atomic E-state index is 0.306. The number of hydrogen-bond acceptors (Lipinski definition) is 4. The van der Waals surface area contributed by atoms with Gasteiger partial charge in [-0.2, -0.15) is 0 Å². The van der Waals surface area contributed by atoms with Gasteiger partial charge in [-0.3, -0.25) is 0 Å². The molecule has 0 heterocycles. The van der Waals surface area contributed by atoms with Gasteiger partial charge >= 0.3 is 120 Å². The molecular formula is C14H19AsO4. The second kappa shape index (κ2) is 6.76. The molecule has 0 aliphatic rings. The van der Waals surface area contributed by atoms with Crippen molar-refractivity contribution in [2.75, 3.05) is 7.11 Å². The molecule has 0 aliphatic carbocycles. The Bertz CT molecular complexity index is 437. The monoisotopic (exact) mass is 326 g/mol. The van der Waals surface area contributed by atoms with Crippen molar-refractivity contribution in [2.45, 2.75) is 31.1 Å². The predicted molar refractivity (Wildman–Crippen MR) is 74.6 cm³/mol. The molecular weight excluding hydrogens is 307 g/mol. The summed E-state index contributed by atoms with van der Waals surface area (Å²) in [5, 5.41) is 0. The van der Waals surface area contributed by atoms with Gasteiger partial charge in [0.1, 0.15) is 0 Å². The number of ether oxygens (including phenoxy) is 2. The third-order valence-electron chi connectivity index (χ3n) is 2.22. The molecule has 0 spiro atoms. The van der Waals surface area contributed by atoms with Crippen molar-refractivity contribution in [3.05, 3.63) is 35.9 Å². The van der Waals surface area contributed by atoms with Gasteiger partial charge < -0.3 is 0 Å². The number of methoxy groups -OCH3 is 1. The van der Waals surface area contributed by atoms with E-state index in [9.17, 15) is 9.59 Å². The standard InChI is InChI=1S/C14H19AsO4/c1-14(2,3)19-12(16)11(15-13(17)18-4)10-8-6-5-7-9-10/h5-9,11,15H,1-4H3. The molecule has 0 fully saturated rings. The summed E-state index contributed by atoms with van der Waals surface area (Å²) in [6.45, 7) is 5.43. The van der Waals surface area contributed by atoms with Gasteiger partial charge in [-0.25, -0.2) is 0 Å². The summed E-state index contributed by atoms with van der Waals surface area (Å²) in [5.74, 6) is -0.357. The number of carbonyl (C=O) groups excluding carboxylic acids is 2. The van der Waals surface area contributed by atoms with E-state index in [4.69, 9.17) is 9.47 Å². The molecule has 0 amide bonds. The average Bonchev–Trinajstić information content (AvgIpc) is 2.34. The Kier molecular flexibility index (Phi) is 5.61. The second-order valence-corrected chi connectivity index (χ2v) is 7.69. The molecule has 0 N–H and O–H groups in total. The Labute approximate surface area is 120 Å². The van der Waals surface area contributed by atoms with Crippen LogP contribution in [0.4, 0.5) is 4.79 Å². The van der Waals surface area contributed by atoms with Crippen LogP contribution in [0.25, 0.3) is 0 Å². The van der Waals surface area contributed by atoms with Crippen LogP contribution in [0, 0.1) is 0 Å². The van der Waals surface area contributed by atoms with Crippen LogP contribution in [-0.2, 0) is 14.3 Å². The molecule has 1 aromatic carbocycles. The molecule has 1 rings (SSSR count). The predicted octanol–water partition coefficient (Wildman–Crippen LogP) is 2.27. The fourth-order valence-electron chi connectivity index (χ4n) is 1.46. The first kappa shape index (κ1) is 15.8. The van der Waals surface area contributed by atoms with Gasteiger partial charge in [-0.15, -0.1) is 0 Å². The van der Waals surface area contributed by atoms with Gasteiger partial charge in [0.05, 0.1) is 0 Å². The van der Waals surface area contributed by atoms with E-state index in [0.717, 1.165) is 5.56 Å². The fourth-order valence-corrected chi connectivity index (χ4v) is 3.33. The van der Waals surface area contributed by atoms with Gasteiger partial charge in [0.25, 0.3) is 0 Å². The van der Waals surface area contributed by atoms with Gasteiger partial charge in [0.15, 0.2) is 0 Å². The van der Waals surface area contributed by atoms with Crippen molar-refractivity contribution in [1.29, 1.82) is 0 Å². The fraction of sp³-hybridized carbons (Fsp3) is 0.429. The molecule has 1 aromatic rings. The molecule has 4 nitrogen and oxygen atoms in total. The van der Waals surface area contributed by atoms with Crippen LogP contribution in [-0.4, -0.2) is 39.2 Å². The van der Waals surface area contributed by atoms with Crippen LogP contribution in [0.15, 0.2) is 30.3 Å². The molecule has 0 aromatic heterocycles. The van der Waals surface area contributed by atoms with E-state index in [2.05, 4.69) is 0 Å². The van der Waals surface area contributed by atoms with Gasteiger partial charge in [0, 0.05) is 0 Å². The van der Waals surface area contributed by atoms with Crippen molar-refractivity contribution in [1.82, 2.24) is 0 Å². The SMILES string of the molecule is COC(=O)[AsH]C(C(=O)OC(C)(C)C)c1ccccc1. The van der Waals surface area contributed by atoms with E-state index in [1.54, 1.807) is 0 Å². The first-order chi connectivity index (χ1) is 8.83. The van der Waals surface area contributed by atoms with Gasteiger partial charge in [0.2, 0.25) is 0 Å². The molecule has 0 aliphatic heterocycles. The van der Waals surface area contributed by atoms with Crippen LogP contribution < -0.4 is 0 Å². The van der Waals surface area contributed by atoms with Crippen LogP contribution in [0.3, 0.4) is 0 Å². The normalized spacial score (nSPS) is 13.3. The first-order valence-corrected chi connectivity index (χ1v) is 8.22. The maximum atomic E-state index is 12.2. The zero-order valence-corrected chi connectivity index (χ0v) is 13.7. The second-order valence-electron chi connectivity index (χ2n) is 5.01. The topological polar surface area (TPSA) is 52.6 Å². The molecule has 104 valence electrons. The van der Waals surface area contributed by atoms with E-state index < -0.39 is 26.1 Å². The maximum absolute atomic E-state index is 12.2. The molecule has 0 bridgehead atoms. The Balaban J connectivity index is 2.93. The van der Waals surface area contributed by atoms with Crippen LogP contribution >= 0.6 is 0 Å². The Morgan fingerprint density at radius 3 is 2.21 bits per heavy atom. The number of rotatable bonds is 4. The van der Waals surface area contributed by atoms with E-state index in [-0.39, 0.29) is 10.7 Å². The van der Waals surface area contributed by atoms with Crippen molar-refractivity contribution < 1.29 is 19.1 Å². The van der Waals surface area contributed by atoms with E-state index in [1.165, 1.54) is 7.11 Å². The Morgan fingerprint density at radius 1 is 1.16 bits per heavy atom. The summed E-state index contributed by atoms with van der Waals surface area (Å²) in [7, 11) is 1.34. The molecule has 2 unspecified atom stereocenters. The average molecular weight is 326 g/mol. The third-order valence-corrected chi connectivity index (χ3v) is 4.95. The summed E-state index contributed by atoms with van der Waals surface area (Å²) >= 11 is -1.26. The molecule has 0 saturated carbocycles. The summed E-state index contributed by atoms with van der Waals surface area (Å²) < 4.78 is 9.26. The summed E-state index contributed by atoms with van der Waals surface area (Å²) in [6, 6.07) is 9.22. The minimum atomic E-state index is -1.26. The molecule has 0 radical (unpaired) electrons. The summed E-state index contributed by atoms with van der Waals surface area (Å²) in [6.07, 6.45) is 0. The van der Waals surface area contributed by atoms with Gasteiger partial charge in [-0.05, 0) is 0 Å². The van der Waals surface area contributed by atoms with Crippen molar-refractivity contribution in [3.63, 3.8) is 0 Å².